The summed E-state index contributed by atoms with van der Waals surface area (Å²) in [7, 11) is -1.01. The normalized spacial score (nSPS) is 13.3. The van der Waals surface area contributed by atoms with Crippen molar-refractivity contribution in [3.05, 3.63) is 71.3 Å². The van der Waals surface area contributed by atoms with Gasteiger partial charge in [-0.2, -0.15) is 0 Å². The van der Waals surface area contributed by atoms with Crippen LogP contribution in [0, 0.1) is 0 Å². The van der Waals surface area contributed by atoms with Crippen LogP contribution in [0.3, 0.4) is 0 Å². The molecule has 0 fully saturated rings. The summed E-state index contributed by atoms with van der Waals surface area (Å²) in [6.45, 7) is 11.9. The van der Waals surface area contributed by atoms with Gasteiger partial charge in [0.1, 0.15) is 11.9 Å². The van der Waals surface area contributed by atoms with E-state index in [1.54, 1.807) is 0 Å². The Labute approximate surface area is 218 Å². The number of carbonyl (C=O) groups excluding carboxylic acids is 1. The Morgan fingerprint density at radius 2 is 1.56 bits per heavy atom. The van der Waals surface area contributed by atoms with Gasteiger partial charge in [-0.1, -0.05) is 111 Å². The summed E-state index contributed by atoms with van der Waals surface area (Å²) in [6, 6.07) is 18.4. The molecule has 0 aliphatic heterocycles. The summed E-state index contributed by atoms with van der Waals surface area (Å²) < 4.78 is 6.28. The maximum absolute atomic E-state index is 12.5. The van der Waals surface area contributed by atoms with Crippen molar-refractivity contribution in [1.82, 2.24) is 0 Å². The quantitative estimate of drug-likeness (QED) is 0.108. The number of thioether (sulfide) groups is 1. The van der Waals surface area contributed by atoms with Crippen LogP contribution in [-0.2, 0) is 22.3 Å². The molecule has 5 heteroatoms. The van der Waals surface area contributed by atoms with E-state index in [0.29, 0.717) is 6.61 Å². The molecule has 0 bridgehead atoms. The number of rotatable bonds is 14. The third-order valence-electron chi connectivity index (χ3n) is 6.54. The third-order valence-corrected chi connectivity index (χ3v) is 11.9. The van der Waals surface area contributed by atoms with Crippen LogP contribution in [0.2, 0.25) is 0 Å². The predicted molar refractivity (Wildman–Crippen MR) is 157 cm³/mol. The molecule has 0 spiro atoms. The van der Waals surface area contributed by atoms with Crippen LogP contribution in [-0.4, -0.2) is 34.4 Å². The van der Waals surface area contributed by atoms with Crippen LogP contribution in [0.1, 0.15) is 76.0 Å². The molecule has 2 unspecified atom stereocenters. The highest BCUT2D eigenvalue weighted by Gasteiger charge is 2.32. The number of esters is 1. The first-order valence-electron chi connectivity index (χ1n) is 12.6. The van der Waals surface area contributed by atoms with Crippen LogP contribution in [0.15, 0.2) is 54.6 Å². The van der Waals surface area contributed by atoms with Gasteiger partial charge in [0.15, 0.2) is 0 Å². The van der Waals surface area contributed by atoms with E-state index in [4.69, 9.17) is 17.0 Å². The lowest BCUT2D eigenvalue weighted by atomic mass is 10.1. The molecule has 2 rings (SSSR count). The Morgan fingerprint density at radius 3 is 2.21 bits per heavy atom. The van der Waals surface area contributed by atoms with Crippen LogP contribution < -0.4 is 0 Å². The monoisotopic (exact) mass is 517 g/mol. The van der Waals surface area contributed by atoms with E-state index in [2.05, 4.69) is 51.4 Å². The largest absolute Gasteiger partial charge is 0.460 e. The Bertz CT molecular complexity index is 881. The summed E-state index contributed by atoms with van der Waals surface area (Å²) in [5, 5.41) is -0.332. The Morgan fingerprint density at radius 1 is 0.941 bits per heavy atom. The number of unbranched alkanes of at least 4 members (excludes halogenated alkanes) is 4. The fraction of sp³-hybridized carbons (Fsp3) is 0.517. The van der Waals surface area contributed by atoms with Crippen molar-refractivity contribution in [3.8, 4) is 0 Å². The van der Waals surface area contributed by atoms with Crippen molar-refractivity contribution in [1.29, 1.82) is 0 Å². The maximum Gasteiger partial charge on any atom is 0.319 e. The standard InChI is InChI=1S/C29H42O2PS2/c1-6-7-8-9-11-14-23(2)32(4,5)22-26-19-17-25(18-20-26)21-31-28(30)24(3)34-29(33)27-15-12-10-13-16-27/h10,12-13,15-20,23-24H,6-9,11,14,21-22H2,1-5H3/q+1. The van der Waals surface area contributed by atoms with E-state index < -0.39 is 7.26 Å². The van der Waals surface area contributed by atoms with Gasteiger partial charge < -0.3 is 4.74 Å². The SMILES string of the molecule is CCCCCCCC(C)[P+](C)(C)Cc1ccc(COC(=O)C(C)SC(=S)c2ccccc2)cc1. The third kappa shape index (κ3) is 10.2. The highest BCUT2D eigenvalue weighted by atomic mass is 32.2. The molecule has 2 aromatic rings. The van der Waals surface area contributed by atoms with E-state index in [1.165, 1.54) is 62.0 Å². The lowest BCUT2D eigenvalue weighted by molar-refractivity contribution is -0.143. The van der Waals surface area contributed by atoms with Crippen molar-refractivity contribution >= 4 is 41.4 Å². The fourth-order valence-electron chi connectivity index (χ4n) is 3.88. The van der Waals surface area contributed by atoms with Gasteiger partial charge in [0.05, 0.1) is 16.0 Å². The molecule has 0 saturated carbocycles. The minimum Gasteiger partial charge on any atom is -0.460 e. The number of hydrogen-bond acceptors (Lipinski definition) is 4. The average Bonchev–Trinajstić information content (AvgIpc) is 2.83. The van der Waals surface area contributed by atoms with Crippen LogP contribution in [0.5, 0.6) is 0 Å². The molecule has 34 heavy (non-hydrogen) atoms. The molecule has 0 amide bonds. The fourth-order valence-corrected chi connectivity index (χ4v) is 7.55. The van der Waals surface area contributed by atoms with E-state index in [1.807, 2.05) is 37.3 Å². The van der Waals surface area contributed by atoms with Gasteiger partial charge in [-0.15, -0.1) is 0 Å². The molecular formula is C29H42O2PS2+. The van der Waals surface area contributed by atoms with Gasteiger partial charge in [-0.25, -0.2) is 0 Å². The zero-order chi connectivity index (χ0) is 25.0. The first-order valence-corrected chi connectivity index (χ1v) is 16.8. The molecule has 0 heterocycles. The van der Waals surface area contributed by atoms with Crippen molar-refractivity contribution in [3.63, 3.8) is 0 Å². The first-order chi connectivity index (χ1) is 16.2. The van der Waals surface area contributed by atoms with Crippen molar-refractivity contribution in [2.75, 3.05) is 13.3 Å². The van der Waals surface area contributed by atoms with Gasteiger partial charge >= 0.3 is 5.97 Å². The molecule has 2 atom stereocenters. The molecule has 0 N–H and O–H groups in total. The van der Waals surface area contributed by atoms with Crippen LogP contribution in [0.25, 0.3) is 0 Å². The molecular weight excluding hydrogens is 475 g/mol. The maximum atomic E-state index is 12.5. The minimum absolute atomic E-state index is 0.229. The molecule has 0 aliphatic rings. The van der Waals surface area contributed by atoms with Gasteiger partial charge in [0, 0.05) is 20.6 Å². The smallest absolute Gasteiger partial charge is 0.319 e. The second kappa shape index (κ2) is 15.0. The summed E-state index contributed by atoms with van der Waals surface area (Å²) in [5.41, 5.74) is 4.19. The second-order valence-corrected chi connectivity index (χ2v) is 16.6. The van der Waals surface area contributed by atoms with Gasteiger partial charge in [0.25, 0.3) is 0 Å². The van der Waals surface area contributed by atoms with Crippen molar-refractivity contribution in [2.24, 2.45) is 0 Å². The Hall–Kier alpha value is -1.22. The molecule has 0 aliphatic carbocycles. The van der Waals surface area contributed by atoms with E-state index in [9.17, 15) is 4.79 Å². The number of thiocarbonyl (C=S) groups is 1. The van der Waals surface area contributed by atoms with E-state index >= 15 is 0 Å². The second-order valence-electron chi connectivity index (χ2n) is 9.83. The summed E-state index contributed by atoms with van der Waals surface area (Å²) >= 11 is 6.84. The zero-order valence-corrected chi connectivity index (χ0v) is 24.1. The molecule has 0 aromatic heterocycles. The summed E-state index contributed by atoms with van der Waals surface area (Å²) in [4.78, 5) is 12.5. The summed E-state index contributed by atoms with van der Waals surface area (Å²) in [5.74, 6) is -0.229. The minimum atomic E-state index is -1.01. The molecule has 0 radical (unpaired) electrons. The number of hydrogen-bond donors (Lipinski definition) is 0. The van der Waals surface area contributed by atoms with Crippen LogP contribution >= 0.6 is 31.2 Å². The lowest BCUT2D eigenvalue weighted by Crippen LogP contribution is -2.18. The molecule has 2 nitrogen and oxygen atoms in total. The highest BCUT2D eigenvalue weighted by molar-refractivity contribution is 8.24. The van der Waals surface area contributed by atoms with Crippen molar-refractivity contribution in [2.45, 2.75) is 83.0 Å². The highest BCUT2D eigenvalue weighted by Crippen LogP contribution is 2.60. The molecule has 186 valence electrons. The summed E-state index contributed by atoms with van der Waals surface area (Å²) in [6.07, 6.45) is 9.32. The average molecular weight is 518 g/mol. The van der Waals surface area contributed by atoms with Crippen LogP contribution in [0.4, 0.5) is 0 Å². The lowest BCUT2D eigenvalue weighted by Gasteiger charge is -2.25. The predicted octanol–water partition coefficient (Wildman–Crippen LogP) is 8.75. The topological polar surface area (TPSA) is 26.3 Å². The molecule has 2 aromatic carbocycles. The Kier molecular flexibility index (Phi) is 12.8. The van der Waals surface area contributed by atoms with E-state index in [-0.39, 0.29) is 11.2 Å². The Balaban J connectivity index is 1.78. The zero-order valence-electron chi connectivity index (χ0n) is 21.6. The van der Waals surface area contributed by atoms with Gasteiger partial charge in [-0.3, -0.25) is 4.79 Å². The number of benzene rings is 2. The van der Waals surface area contributed by atoms with Gasteiger partial charge in [-0.05, 0) is 43.4 Å². The van der Waals surface area contributed by atoms with Gasteiger partial charge in [0.2, 0.25) is 0 Å². The van der Waals surface area contributed by atoms with Crippen molar-refractivity contribution < 1.29 is 9.53 Å². The molecule has 0 saturated heterocycles. The van der Waals surface area contributed by atoms with E-state index in [0.717, 1.165) is 21.0 Å². The number of carbonyl (C=O) groups is 1. The number of ether oxygens (including phenoxy) is 1. The first kappa shape index (κ1) is 29.0.